The highest BCUT2D eigenvalue weighted by molar-refractivity contribution is 7.98. The molecule has 3 saturated heterocycles. The highest BCUT2D eigenvalue weighted by Crippen LogP contribution is 2.51. The molecule has 3 heterocycles. The maximum atomic E-state index is 9.56. The first-order valence-corrected chi connectivity index (χ1v) is 13.7. The lowest BCUT2D eigenvalue weighted by atomic mass is 9.61. The predicted molar refractivity (Wildman–Crippen MR) is 125 cm³/mol. The molecule has 7 atom stereocenters. The van der Waals surface area contributed by atoms with Crippen molar-refractivity contribution in [3.8, 4) is 6.07 Å². The standard InChI is InChI=1S/C25H42N4S/c1-25(2,15-26)19-8-5-16(6-9-19)24-23-20-12-17(18-4-3-11-27-13-18)7-10-21(20)28-14-22(23)30-29-24/h16-24,27-29H,3-14H2,1-2H3. The Morgan fingerprint density at radius 1 is 0.933 bits per heavy atom. The van der Waals surface area contributed by atoms with Crippen molar-refractivity contribution in [1.29, 1.82) is 5.26 Å². The molecule has 0 aromatic heterocycles. The van der Waals surface area contributed by atoms with E-state index in [2.05, 4.69) is 47.2 Å². The Kier molecular flexibility index (Phi) is 6.42. The van der Waals surface area contributed by atoms with Crippen molar-refractivity contribution >= 4 is 11.9 Å². The van der Waals surface area contributed by atoms with Crippen molar-refractivity contribution in [1.82, 2.24) is 15.4 Å². The van der Waals surface area contributed by atoms with E-state index in [1.165, 1.54) is 77.4 Å². The van der Waals surface area contributed by atoms with Gasteiger partial charge in [-0.2, -0.15) is 5.26 Å². The van der Waals surface area contributed by atoms with Crippen LogP contribution >= 0.6 is 11.9 Å². The van der Waals surface area contributed by atoms with Gasteiger partial charge in [-0.25, -0.2) is 0 Å². The van der Waals surface area contributed by atoms with E-state index < -0.39 is 0 Å². The summed E-state index contributed by atoms with van der Waals surface area (Å²) in [5, 5.41) is 18.0. The third kappa shape index (κ3) is 4.07. The van der Waals surface area contributed by atoms with Crippen molar-refractivity contribution in [2.75, 3.05) is 19.6 Å². The van der Waals surface area contributed by atoms with E-state index in [1.54, 1.807) is 0 Å². The fraction of sp³-hybridized carbons (Fsp3) is 0.960. The predicted octanol–water partition coefficient (Wildman–Crippen LogP) is 4.34. The van der Waals surface area contributed by atoms with Crippen LogP contribution < -0.4 is 15.4 Å². The van der Waals surface area contributed by atoms with Crippen molar-refractivity contribution in [2.45, 2.75) is 89.0 Å². The average molecular weight is 431 g/mol. The fourth-order valence-corrected chi connectivity index (χ4v) is 9.26. The van der Waals surface area contributed by atoms with Gasteiger partial charge >= 0.3 is 0 Å². The molecule has 0 amide bonds. The van der Waals surface area contributed by atoms with Crippen LogP contribution in [-0.4, -0.2) is 37.0 Å². The topological polar surface area (TPSA) is 59.9 Å². The summed E-state index contributed by atoms with van der Waals surface area (Å²) in [5.41, 5.74) is -0.157. The number of fused-ring (bicyclic) bond motifs is 3. The van der Waals surface area contributed by atoms with Gasteiger partial charge in [-0.1, -0.05) is 11.9 Å². The molecule has 4 nitrogen and oxygen atoms in total. The lowest BCUT2D eigenvalue weighted by molar-refractivity contribution is 0.0500. The zero-order chi connectivity index (χ0) is 20.7. The van der Waals surface area contributed by atoms with Crippen LogP contribution in [0.5, 0.6) is 0 Å². The third-order valence-electron chi connectivity index (χ3n) is 9.81. The molecular formula is C25H42N4S. The van der Waals surface area contributed by atoms with Crippen LogP contribution in [0.4, 0.5) is 0 Å². The van der Waals surface area contributed by atoms with E-state index in [1.807, 2.05) is 0 Å². The molecule has 2 aliphatic carbocycles. The number of nitrogens with one attached hydrogen (secondary N) is 3. The van der Waals surface area contributed by atoms with E-state index >= 15 is 0 Å². The fourth-order valence-electron chi connectivity index (χ4n) is 7.87. The average Bonchev–Trinajstić information content (AvgIpc) is 3.24. The number of rotatable bonds is 3. The van der Waals surface area contributed by atoms with Gasteiger partial charge in [-0.3, -0.25) is 4.72 Å². The third-order valence-corrected chi connectivity index (χ3v) is 11.0. The molecule has 3 aliphatic heterocycles. The molecule has 0 spiro atoms. The Hall–Kier alpha value is -0.280. The van der Waals surface area contributed by atoms with Gasteiger partial charge in [0, 0.05) is 23.9 Å². The Balaban J connectivity index is 1.26. The van der Waals surface area contributed by atoms with Crippen LogP contribution in [0.2, 0.25) is 0 Å². The van der Waals surface area contributed by atoms with Gasteiger partial charge in [-0.15, -0.1) is 0 Å². The monoisotopic (exact) mass is 430 g/mol. The number of hydrogen-bond acceptors (Lipinski definition) is 5. The van der Waals surface area contributed by atoms with Crippen LogP contribution in [0, 0.1) is 52.3 Å². The molecule has 5 rings (SSSR count). The van der Waals surface area contributed by atoms with Gasteiger partial charge in [0.15, 0.2) is 0 Å². The van der Waals surface area contributed by atoms with E-state index in [9.17, 15) is 5.26 Å². The highest BCUT2D eigenvalue weighted by Gasteiger charge is 2.52. The molecule has 5 heteroatoms. The molecule has 0 bridgehead atoms. The van der Waals surface area contributed by atoms with Gasteiger partial charge in [0.2, 0.25) is 0 Å². The van der Waals surface area contributed by atoms with Crippen molar-refractivity contribution in [2.24, 2.45) is 40.9 Å². The van der Waals surface area contributed by atoms with Gasteiger partial charge in [0.05, 0.1) is 11.5 Å². The molecule has 0 aromatic rings. The lowest BCUT2D eigenvalue weighted by Crippen LogP contribution is -2.57. The maximum absolute atomic E-state index is 9.56. The summed E-state index contributed by atoms with van der Waals surface area (Å²) in [5.74, 6) is 4.98. The van der Waals surface area contributed by atoms with E-state index in [-0.39, 0.29) is 5.41 Å². The summed E-state index contributed by atoms with van der Waals surface area (Å²) >= 11 is 2.05. The van der Waals surface area contributed by atoms with Gasteiger partial charge in [0.1, 0.15) is 0 Å². The van der Waals surface area contributed by atoms with Crippen molar-refractivity contribution < 1.29 is 0 Å². The van der Waals surface area contributed by atoms with Crippen LogP contribution in [0.15, 0.2) is 0 Å². The number of nitrogens with zero attached hydrogens (tertiary/aromatic N) is 1. The second-order valence-corrected chi connectivity index (χ2v) is 12.8. The summed E-state index contributed by atoms with van der Waals surface area (Å²) in [6.07, 6.45) is 12.2. The molecule has 0 radical (unpaired) electrons. The van der Waals surface area contributed by atoms with Crippen LogP contribution in [-0.2, 0) is 0 Å². The Morgan fingerprint density at radius 2 is 1.73 bits per heavy atom. The van der Waals surface area contributed by atoms with Crippen molar-refractivity contribution in [3.05, 3.63) is 0 Å². The molecule has 0 aromatic carbocycles. The number of piperidine rings is 2. The summed E-state index contributed by atoms with van der Waals surface area (Å²) in [7, 11) is 0. The molecule has 2 saturated carbocycles. The van der Waals surface area contributed by atoms with Crippen LogP contribution in [0.3, 0.4) is 0 Å². The van der Waals surface area contributed by atoms with Crippen molar-refractivity contribution in [3.63, 3.8) is 0 Å². The number of hydrogen-bond donors (Lipinski definition) is 3. The molecular weight excluding hydrogens is 388 g/mol. The smallest absolute Gasteiger partial charge is 0.0686 e. The molecule has 5 aliphatic rings. The molecule has 3 N–H and O–H groups in total. The maximum Gasteiger partial charge on any atom is 0.0686 e. The Labute approximate surface area is 188 Å². The van der Waals surface area contributed by atoms with E-state index in [0.717, 1.165) is 40.9 Å². The molecule has 168 valence electrons. The van der Waals surface area contributed by atoms with E-state index in [0.29, 0.717) is 12.0 Å². The molecule has 5 fully saturated rings. The Morgan fingerprint density at radius 3 is 2.47 bits per heavy atom. The number of nitriles is 1. The minimum absolute atomic E-state index is 0.157. The second kappa shape index (κ2) is 8.93. The zero-order valence-electron chi connectivity index (χ0n) is 19.0. The normalized spacial score (nSPS) is 47.2. The first-order chi connectivity index (χ1) is 14.6. The SMILES string of the molecule is CC(C)(C#N)C1CCC(C2NSC3CNC4CCC(C5CCCNC5)CC4C32)CC1. The first kappa shape index (κ1) is 21.6. The van der Waals surface area contributed by atoms with Gasteiger partial charge < -0.3 is 10.6 Å². The van der Waals surface area contributed by atoms with E-state index in [4.69, 9.17) is 0 Å². The quantitative estimate of drug-likeness (QED) is 0.582. The second-order valence-electron chi connectivity index (χ2n) is 11.7. The first-order valence-electron chi connectivity index (χ1n) is 12.8. The lowest BCUT2D eigenvalue weighted by Gasteiger charge is -2.50. The summed E-state index contributed by atoms with van der Waals surface area (Å²) in [6, 6.07) is 4.04. The summed E-state index contributed by atoms with van der Waals surface area (Å²) < 4.78 is 3.96. The molecule has 7 unspecified atom stereocenters. The largest absolute Gasteiger partial charge is 0.316 e. The van der Waals surface area contributed by atoms with Crippen LogP contribution in [0.25, 0.3) is 0 Å². The van der Waals surface area contributed by atoms with Crippen LogP contribution in [0.1, 0.15) is 71.6 Å². The van der Waals surface area contributed by atoms with Gasteiger partial charge in [-0.05, 0) is 120 Å². The summed E-state index contributed by atoms with van der Waals surface area (Å²) in [6.45, 7) is 8.00. The minimum atomic E-state index is -0.157. The Bertz CT molecular complexity index is 632. The molecule has 30 heavy (non-hydrogen) atoms. The van der Waals surface area contributed by atoms with Gasteiger partial charge in [0.25, 0.3) is 0 Å². The minimum Gasteiger partial charge on any atom is -0.316 e. The summed E-state index contributed by atoms with van der Waals surface area (Å²) in [4.78, 5) is 0. The highest BCUT2D eigenvalue weighted by atomic mass is 32.2. The zero-order valence-corrected chi connectivity index (χ0v) is 19.9.